The Labute approximate surface area is 228 Å². The Bertz CT molecular complexity index is 1560. The first-order chi connectivity index (χ1) is 19.0. The summed E-state index contributed by atoms with van der Waals surface area (Å²) < 4.78 is 11.3. The quantitative estimate of drug-likeness (QED) is 0.186. The molecule has 0 saturated heterocycles. The molecule has 5 rings (SSSR count). The van der Waals surface area contributed by atoms with Crippen molar-refractivity contribution in [3.05, 3.63) is 149 Å². The topological polar surface area (TPSA) is 52.6 Å². The summed E-state index contributed by atoms with van der Waals surface area (Å²) in [7, 11) is 0. The fourth-order valence-electron chi connectivity index (χ4n) is 4.25. The molecule has 5 aromatic carbocycles. The lowest BCUT2D eigenvalue weighted by Crippen LogP contribution is -2.01. The standard InChI is InChI=1S/C35H28O4/c1-3-38-31-20-22-33(23-21-31)39-32-18-16-30(17-19-32)35(37)29-14-10-26(11-15-29)25-8-12-28(13-9-25)34(36)27-6-4-24(2)5-7-27/h4-23H,3H2,1-2H3. The summed E-state index contributed by atoms with van der Waals surface area (Å²) in [5.74, 6) is 2.07. The number of hydrogen-bond acceptors (Lipinski definition) is 4. The van der Waals surface area contributed by atoms with E-state index in [-0.39, 0.29) is 11.6 Å². The molecule has 192 valence electrons. The Morgan fingerprint density at radius 3 is 1.23 bits per heavy atom. The average Bonchev–Trinajstić information content (AvgIpc) is 2.98. The van der Waals surface area contributed by atoms with Crippen LogP contribution in [0.4, 0.5) is 0 Å². The van der Waals surface area contributed by atoms with Gasteiger partial charge >= 0.3 is 0 Å². The highest BCUT2D eigenvalue weighted by Gasteiger charge is 2.12. The van der Waals surface area contributed by atoms with Crippen LogP contribution in [0.25, 0.3) is 11.1 Å². The van der Waals surface area contributed by atoms with Gasteiger partial charge in [-0.05, 0) is 73.5 Å². The lowest BCUT2D eigenvalue weighted by Gasteiger charge is -2.09. The van der Waals surface area contributed by atoms with Crippen molar-refractivity contribution >= 4 is 11.6 Å². The zero-order valence-corrected chi connectivity index (χ0v) is 21.9. The minimum absolute atomic E-state index is 0.00149. The van der Waals surface area contributed by atoms with E-state index in [0.717, 1.165) is 22.4 Å². The summed E-state index contributed by atoms with van der Waals surface area (Å²) in [5.41, 5.74) is 5.57. The van der Waals surface area contributed by atoms with Crippen LogP contribution in [0.5, 0.6) is 17.2 Å². The molecule has 39 heavy (non-hydrogen) atoms. The van der Waals surface area contributed by atoms with E-state index >= 15 is 0 Å². The maximum atomic E-state index is 13.0. The lowest BCUT2D eigenvalue weighted by molar-refractivity contribution is 0.103. The Balaban J connectivity index is 1.23. The molecule has 0 heterocycles. The molecule has 4 heteroatoms. The van der Waals surface area contributed by atoms with Crippen LogP contribution in [0, 0.1) is 6.92 Å². The molecule has 0 spiro atoms. The zero-order chi connectivity index (χ0) is 27.2. The molecule has 0 aliphatic carbocycles. The van der Waals surface area contributed by atoms with Gasteiger partial charge in [0.05, 0.1) is 6.61 Å². The van der Waals surface area contributed by atoms with Gasteiger partial charge in [-0.2, -0.15) is 0 Å². The molecular formula is C35H28O4. The van der Waals surface area contributed by atoms with Crippen LogP contribution in [-0.2, 0) is 0 Å². The summed E-state index contributed by atoms with van der Waals surface area (Å²) in [6.07, 6.45) is 0. The van der Waals surface area contributed by atoms with Crippen LogP contribution < -0.4 is 9.47 Å². The normalized spacial score (nSPS) is 10.6. The Morgan fingerprint density at radius 1 is 0.487 bits per heavy atom. The smallest absolute Gasteiger partial charge is 0.193 e. The maximum absolute atomic E-state index is 13.0. The van der Waals surface area contributed by atoms with Gasteiger partial charge in [0.2, 0.25) is 0 Å². The van der Waals surface area contributed by atoms with Gasteiger partial charge in [0, 0.05) is 22.3 Å². The van der Waals surface area contributed by atoms with Gasteiger partial charge in [-0.1, -0.05) is 78.4 Å². The van der Waals surface area contributed by atoms with Crippen LogP contribution in [0.1, 0.15) is 44.3 Å². The second kappa shape index (κ2) is 11.6. The predicted octanol–water partition coefficient (Wildman–Crippen LogP) is 8.32. The van der Waals surface area contributed by atoms with Crippen molar-refractivity contribution in [1.82, 2.24) is 0 Å². The number of benzene rings is 5. The fraction of sp³-hybridized carbons (Fsp3) is 0.0857. The molecule has 0 aliphatic rings. The van der Waals surface area contributed by atoms with Crippen LogP contribution >= 0.6 is 0 Å². The summed E-state index contributed by atoms with van der Waals surface area (Å²) in [6, 6.07) is 37.2. The van der Waals surface area contributed by atoms with Gasteiger partial charge in [-0.25, -0.2) is 0 Å². The molecule has 0 bridgehead atoms. The highest BCUT2D eigenvalue weighted by Crippen LogP contribution is 2.26. The minimum atomic E-state index is -0.0618. The van der Waals surface area contributed by atoms with Crippen molar-refractivity contribution < 1.29 is 19.1 Å². The third-order valence-electron chi connectivity index (χ3n) is 6.43. The summed E-state index contributed by atoms with van der Waals surface area (Å²) in [6.45, 7) is 4.55. The van der Waals surface area contributed by atoms with E-state index < -0.39 is 0 Å². The number of carbonyl (C=O) groups is 2. The summed E-state index contributed by atoms with van der Waals surface area (Å²) in [4.78, 5) is 25.8. The third-order valence-corrected chi connectivity index (χ3v) is 6.43. The number of ketones is 2. The largest absolute Gasteiger partial charge is 0.494 e. The van der Waals surface area contributed by atoms with Gasteiger partial charge in [-0.3, -0.25) is 9.59 Å². The number of carbonyl (C=O) groups excluding carboxylic acids is 2. The van der Waals surface area contributed by atoms with Gasteiger partial charge in [0.25, 0.3) is 0 Å². The average molecular weight is 513 g/mol. The van der Waals surface area contributed by atoms with Gasteiger partial charge in [-0.15, -0.1) is 0 Å². The van der Waals surface area contributed by atoms with Crippen molar-refractivity contribution in [2.45, 2.75) is 13.8 Å². The highest BCUT2D eigenvalue weighted by molar-refractivity contribution is 6.10. The van der Waals surface area contributed by atoms with Crippen LogP contribution in [0.3, 0.4) is 0 Å². The molecule has 0 saturated carbocycles. The van der Waals surface area contributed by atoms with Crippen molar-refractivity contribution in [3.63, 3.8) is 0 Å². The second-order valence-corrected chi connectivity index (χ2v) is 9.21. The number of rotatable bonds is 9. The third kappa shape index (κ3) is 6.13. The van der Waals surface area contributed by atoms with Crippen LogP contribution in [-0.4, -0.2) is 18.2 Å². The highest BCUT2D eigenvalue weighted by atomic mass is 16.5. The number of aryl methyl sites for hydroxylation is 1. The van der Waals surface area contributed by atoms with Gasteiger partial charge in [0.1, 0.15) is 17.2 Å². The summed E-state index contributed by atoms with van der Waals surface area (Å²) in [5, 5.41) is 0. The van der Waals surface area contributed by atoms with Crippen LogP contribution in [0.15, 0.2) is 121 Å². The maximum Gasteiger partial charge on any atom is 0.193 e. The van der Waals surface area contributed by atoms with Crippen LogP contribution in [0.2, 0.25) is 0 Å². The predicted molar refractivity (Wildman–Crippen MR) is 154 cm³/mol. The van der Waals surface area contributed by atoms with Gasteiger partial charge in [0.15, 0.2) is 11.6 Å². The number of ether oxygens (including phenoxy) is 2. The Morgan fingerprint density at radius 2 is 0.821 bits per heavy atom. The molecule has 4 nitrogen and oxygen atoms in total. The van der Waals surface area contributed by atoms with Crippen molar-refractivity contribution in [3.8, 4) is 28.4 Å². The van der Waals surface area contributed by atoms with Gasteiger partial charge < -0.3 is 9.47 Å². The van der Waals surface area contributed by atoms with E-state index in [9.17, 15) is 9.59 Å². The van der Waals surface area contributed by atoms with E-state index in [1.54, 1.807) is 24.3 Å². The zero-order valence-electron chi connectivity index (χ0n) is 21.9. The first-order valence-electron chi connectivity index (χ1n) is 12.9. The molecule has 0 aliphatic heterocycles. The minimum Gasteiger partial charge on any atom is -0.494 e. The van der Waals surface area contributed by atoms with E-state index in [2.05, 4.69) is 0 Å². The second-order valence-electron chi connectivity index (χ2n) is 9.21. The molecule has 0 atom stereocenters. The van der Waals surface area contributed by atoms with E-state index in [1.807, 2.05) is 111 Å². The fourth-order valence-corrected chi connectivity index (χ4v) is 4.25. The molecule has 0 radical (unpaired) electrons. The van der Waals surface area contributed by atoms with Crippen molar-refractivity contribution in [1.29, 1.82) is 0 Å². The monoisotopic (exact) mass is 512 g/mol. The molecule has 0 unspecified atom stereocenters. The first kappa shape index (κ1) is 25.7. The van der Waals surface area contributed by atoms with E-state index in [1.165, 1.54) is 0 Å². The molecule has 0 aromatic heterocycles. The first-order valence-corrected chi connectivity index (χ1v) is 12.9. The molecular weight excluding hydrogens is 484 g/mol. The Kier molecular flexibility index (Phi) is 7.65. The Hall–Kier alpha value is -4.96. The molecule has 5 aromatic rings. The number of hydrogen-bond donors (Lipinski definition) is 0. The summed E-state index contributed by atoms with van der Waals surface area (Å²) >= 11 is 0. The molecule has 0 amide bonds. The lowest BCUT2D eigenvalue weighted by atomic mass is 9.97. The van der Waals surface area contributed by atoms with E-state index in [0.29, 0.717) is 40.4 Å². The molecule has 0 fully saturated rings. The molecule has 0 N–H and O–H groups in total. The van der Waals surface area contributed by atoms with Crippen molar-refractivity contribution in [2.75, 3.05) is 6.61 Å². The van der Waals surface area contributed by atoms with Crippen molar-refractivity contribution in [2.24, 2.45) is 0 Å². The SMILES string of the molecule is CCOc1ccc(Oc2ccc(C(=O)c3ccc(-c4ccc(C(=O)c5ccc(C)cc5)cc4)cc3)cc2)cc1. The van der Waals surface area contributed by atoms with E-state index in [4.69, 9.17) is 9.47 Å².